The zero-order chi connectivity index (χ0) is 23.1. The van der Waals surface area contributed by atoms with Crippen molar-refractivity contribution >= 4 is 18.3 Å². The first-order valence-corrected chi connectivity index (χ1v) is 11.4. The molecule has 2 aliphatic rings. The molecule has 2 atom stereocenters. The molecule has 166 valence electrons. The number of aromatic nitrogens is 1. The number of fused-ring (bicyclic) bond motifs is 3. The van der Waals surface area contributed by atoms with Crippen molar-refractivity contribution in [2.75, 3.05) is 0 Å². The van der Waals surface area contributed by atoms with Gasteiger partial charge < -0.3 is 14.8 Å². The zero-order valence-corrected chi connectivity index (χ0v) is 18.8. The van der Waals surface area contributed by atoms with E-state index in [1.54, 1.807) is 6.20 Å². The normalized spacial score (nSPS) is 19.6. The van der Waals surface area contributed by atoms with Gasteiger partial charge in [-0.15, -0.1) is 0 Å². The van der Waals surface area contributed by atoms with E-state index >= 15 is 0 Å². The van der Waals surface area contributed by atoms with Gasteiger partial charge in [-0.25, -0.2) is 4.79 Å². The lowest BCUT2D eigenvalue weighted by Crippen LogP contribution is -2.44. The van der Waals surface area contributed by atoms with E-state index < -0.39 is 11.5 Å². The van der Waals surface area contributed by atoms with E-state index in [2.05, 4.69) is 29.4 Å². The summed E-state index contributed by atoms with van der Waals surface area (Å²) in [6, 6.07) is 29.6. The fraction of sp³-hybridized carbons (Fsp3) is 0.143. The maximum atomic E-state index is 12.9. The van der Waals surface area contributed by atoms with Gasteiger partial charge in [0.25, 0.3) is 6.71 Å². The SMILES string of the molecule is Cc1c(-c2ccccn2)ccc2c1OC1B2C1(NC(=O)OCc1ccccc1)c1ccccc1. The Kier molecular flexibility index (Phi) is 4.87. The van der Waals surface area contributed by atoms with Crippen molar-refractivity contribution in [1.82, 2.24) is 10.3 Å². The van der Waals surface area contributed by atoms with Gasteiger partial charge in [-0.3, -0.25) is 4.98 Å². The molecule has 6 heteroatoms. The van der Waals surface area contributed by atoms with E-state index in [9.17, 15) is 4.79 Å². The molecule has 6 rings (SSSR count). The van der Waals surface area contributed by atoms with E-state index in [0.717, 1.165) is 39.2 Å². The molecule has 1 saturated heterocycles. The molecule has 1 fully saturated rings. The molecule has 0 radical (unpaired) electrons. The highest BCUT2D eigenvalue weighted by atomic mass is 16.6. The molecule has 2 aliphatic heterocycles. The highest BCUT2D eigenvalue weighted by Gasteiger charge is 2.76. The summed E-state index contributed by atoms with van der Waals surface area (Å²) in [7, 11) is 0. The highest BCUT2D eigenvalue weighted by Crippen LogP contribution is 2.52. The van der Waals surface area contributed by atoms with Crippen molar-refractivity contribution in [3.8, 4) is 17.0 Å². The second-order valence-electron chi connectivity index (χ2n) is 8.81. The smallest absolute Gasteiger partial charge is 0.407 e. The van der Waals surface area contributed by atoms with Crippen molar-refractivity contribution in [3.63, 3.8) is 0 Å². The number of pyridine rings is 1. The molecule has 1 aromatic heterocycles. The van der Waals surface area contributed by atoms with Crippen molar-refractivity contribution in [2.45, 2.75) is 25.0 Å². The summed E-state index contributed by atoms with van der Waals surface area (Å²) in [5.74, 6) is 0.893. The van der Waals surface area contributed by atoms with Crippen LogP contribution in [0.15, 0.2) is 97.2 Å². The fourth-order valence-electron chi connectivity index (χ4n) is 5.17. The molecule has 34 heavy (non-hydrogen) atoms. The zero-order valence-electron chi connectivity index (χ0n) is 18.8. The van der Waals surface area contributed by atoms with E-state index in [1.165, 1.54) is 0 Å². The Morgan fingerprint density at radius 2 is 1.74 bits per heavy atom. The number of hydrogen-bond acceptors (Lipinski definition) is 4. The van der Waals surface area contributed by atoms with Crippen LogP contribution in [0.4, 0.5) is 4.79 Å². The standard InChI is InChI=1S/C28H23BN2O3/c1-19-22(24-14-8-9-17-30-24)15-16-23-25(19)34-26-28(29(23)26,21-12-6-3-7-13-21)31-27(32)33-18-20-10-4-2-5-11-20/h2-17,26H,18H2,1H3,(H,31,32). The van der Waals surface area contributed by atoms with Gasteiger partial charge in [0.15, 0.2) is 0 Å². The first-order valence-electron chi connectivity index (χ1n) is 11.4. The fourth-order valence-corrected chi connectivity index (χ4v) is 5.17. The molecule has 0 saturated carbocycles. The minimum absolute atomic E-state index is 0.0191. The van der Waals surface area contributed by atoms with Crippen molar-refractivity contribution in [2.24, 2.45) is 0 Å². The Bertz CT molecular complexity index is 1350. The molecule has 0 aliphatic carbocycles. The minimum Gasteiger partial charge on any atom is -0.497 e. The maximum absolute atomic E-state index is 12.9. The Hall–Kier alpha value is -4.06. The molecule has 5 nitrogen and oxygen atoms in total. The van der Waals surface area contributed by atoms with Gasteiger partial charge in [-0.2, -0.15) is 0 Å². The van der Waals surface area contributed by atoms with Crippen LogP contribution >= 0.6 is 0 Å². The molecule has 3 aromatic carbocycles. The first-order chi connectivity index (χ1) is 16.7. The lowest BCUT2D eigenvalue weighted by molar-refractivity contribution is 0.130. The predicted molar refractivity (Wildman–Crippen MR) is 132 cm³/mol. The summed E-state index contributed by atoms with van der Waals surface area (Å²) >= 11 is 0. The molecule has 0 spiro atoms. The summed E-state index contributed by atoms with van der Waals surface area (Å²) < 4.78 is 12.1. The van der Waals surface area contributed by atoms with Gasteiger partial charge >= 0.3 is 6.09 Å². The second kappa shape index (κ2) is 8.06. The Morgan fingerprint density at radius 1 is 1.00 bits per heavy atom. The third kappa shape index (κ3) is 3.26. The first kappa shape index (κ1) is 20.5. The molecule has 0 bridgehead atoms. The minimum atomic E-state index is -0.652. The summed E-state index contributed by atoms with van der Waals surface area (Å²) in [6.07, 6.45) is 1.35. The predicted octanol–water partition coefficient (Wildman–Crippen LogP) is 4.43. The van der Waals surface area contributed by atoms with E-state index in [-0.39, 0.29) is 19.3 Å². The molecular formula is C28H23BN2O3. The largest absolute Gasteiger partial charge is 0.497 e. The van der Waals surface area contributed by atoms with Crippen LogP contribution in [-0.4, -0.2) is 23.8 Å². The third-order valence-corrected chi connectivity index (χ3v) is 6.86. The van der Waals surface area contributed by atoms with Crippen LogP contribution in [0.2, 0.25) is 0 Å². The topological polar surface area (TPSA) is 60.5 Å². The number of hydrogen-bond donors (Lipinski definition) is 1. The van der Waals surface area contributed by atoms with Gasteiger partial charge in [0.1, 0.15) is 18.4 Å². The van der Waals surface area contributed by atoms with E-state index in [0.29, 0.717) is 0 Å². The summed E-state index contributed by atoms with van der Waals surface area (Å²) in [4.78, 5) is 17.4. The maximum Gasteiger partial charge on any atom is 0.407 e. The number of ether oxygens (including phenoxy) is 2. The van der Waals surface area contributed by atoms with Crippen LogP contribution in [0.5, 0.6) is 5.75 Å². The summed E-state index contributed by atoms with van der Waals surface area (Å²) in [6.45, 7) is 2.31. The molecular weight excluding hydrogens is 423 g/mol. The van der Waals surface area contributed by atoms with Crippen molar-refractivity contribution in [3.05, 3.63) is 114 Å². The van der Waals surface area contributed by atoms with Crippen LogP contribution in [0.1, 0.15) is 16.7 Å². The second-order valence-corrected chi connectivity index (χ2v) is 8.81. The molecule has 1 amide bonds. The summed E-state index contributed by atoms with van der Waals surface area (Å²) in [5, 5.41) is 3.16. The van der Waals surface area contributed by atoms with E-state index in [4.69, 9.17) is 9.47 Å². The lowest BCUT2D eigenvalue weighted by atomic mass is 9.56. The average molecular weight is 446 g/mol. The van der Waals surface area contributed by atoms with Gasteiger partial charge in [-0.05, 0) is 41.2 Å². The van der Waals surface area contributed by atoms with Crippen molar-refractivity contribution in [1.29, 1.82) is 0 Å². The number of carbonyl (C=O) groups excluding carboxylic acids is 1. The summed E-state index contributed by atoms with van der Waals surface area (Å²) in [5.41, 5.74) is 5.46. The number of nitrogens with one attached hydrogen (secondary N) is 1. The molecule has 3 heterocycles. The van der Waals surface area contributed by atoms with Crippen LogP contribution in [0.25, 0.3) is 11.3 Å². The van der Waals surface area contributed by atoms with Crippen LogP contribution in [0, 0.1) is 6.92 Å². The number of benzene rings is 3. The van der Waals surface area contributed by atoms with Crippen molar-refractivity contribution < 1.29 is 14.3 Å². The number of rotatable bonds is 5. The number of alkyl carbamates (subject to hydrolysis) is 1. The number of amides is 1. The van der Waals surface area contributed by atoms with Gasteiger partial charge in [-0.1, -0.05) is 78.9 Å². The third-order valence-electron chi connectivity index (χ3n) is 6.86. The highest BCUT2D eigenvalue weighted by molar-refractivity contribution is 6.89. The van der Waals surface area contributed by atoms with Crippen LogP contribution in [-0.2, 0) is 16.8 Å². The molecule has 2 unspecified atom stereocenters. The van der Waals surface area contributed by atoms with E-state index in [1.807, 2.05) is 78.9 Å². The van der Waals surface area contributed by atoms with Crippen LogP contribution < -0.4 is 15.5 Å². The number of carbonyl (C=O) groups is 1. The van der Waals surface area contributed by atoms with Gasteiger partial charge in [0, 0.05) is 11.8 Å². The average Bonchev–Trinajstić information content (AvgIpc) is 3.31. The molecule has 1 N–H and O–H groups in total. The Balaban J connectivity index is 1.30. The lowest BCUT2D eigenvalue weighted by Gasteiger charge is -2.25. The molecule has 4 aromatic rings. The Labute approximate surface area is 198 Å². The van der Waals surface area contributed by atoms with Crippen LogP contribution in [0.3, 0.4) is 0 Å². The van der Waals surface area contributed by atoms with Gasteiger partial charge in [0.05, 0.1) is 11.1 Å². The van der Waals surface area contributed by atoms with Gasteiger partial charge in [0.2, 0.25) is 0 Å². The number of nitrogens with zero attached hydrogens (tertiary/aromatic N) is 1. The Morgan fingerprint density at radius 3 is 2.47 bits per heavy atom. The monoisotopic (exact) mass is 446 g/mol. The quantitative estimate of drug-likeness (QED) is 0.461.